The molecule has 0 unspecified atom stereocenters. The standard InChI is InChI=1S/C17H22INO3/c18-14-8-6-7-13(11-14)17(21)22-12-16(20)19-15-9-4-2-1-3-5-10-15/h6-8,11,15H,1-5,9-10,12H2,(H,19,20). The van der Waals surface area contributed by atoms with Gasteiger partial charge < -0.3 is 10.1 Å². The first-order valence-corrected chi connectivity index (χ1v) is 8.95. The van der Waals surface area contributed by atoms with E-state index in [1.54, 1.807) is 18.2 Å². The predicted octanol–water partition coefficient (Wildman–Crippen LogP) is 3.68. The van der Waals surface area contributed by atoms with Crippen LogP contribution in [0.15, 0.2) is 24.3 Å². The molecule has 0 bridgehead atoms. The van der Waals surface area contributed by atoms with Gasteiger partial charge in [0.25, 0.3) is 5.91 Å². The predicted molar refractivity (Wildman–Crippen MR) is 93.7 cm³/mol. The van der Waals surface area contributed by atoms with E-state index in [4.69, 9.17) is 4.74 Å². The van der Waals surface area contributed by atoms with Crippen LogP contribution in [0.3, 0.4) is 0 Å². The molecule has 5 heteroatoms. The molecule has 1 aliphatic carbocycles. The van der Waals surface area contributed by atoms with Crippen LogP contribution in [-0.4, -0.2) is 24.5 Å². The van der Waals surface area contributed by atoms with Crippen molar-refractivity contribution in [3.05, 3.63) is 33.4 Å². The average molecular weight is 415 g/mol. The van der Waals surface area contributed by atoms with Gasteiger partial charge in [-0.25, -0.2) is 4.79 Å². The summed E-state index contributed by atoms with van der Waals surface area (Å²) >= 11 is 2.14. The molecule has 22 heavy (non-hydrogen) atoms. The Bertz CT molecular complexity index is 510. The molecule has 0 aromatic heterocycles. The van der Waals surface area contributed by atoms with Crippen molar-refractivity contribution in [3.8, 4) is 0 Å². The summed E-state index contributed by atoms with van der Waals surface area (Å²) in [5.41, 5.74) is 0.477. The Morgan fingerprint density at radius 2 is 1.82 bits per heavy atom. The van der Waals surface area contributed by atoms with Gasteiger partial charge in [0.05, 0.1) is 5.56 Å². The number of carbonyl (C=O) groups is 2. The Morgan fingerprint density at radius 3 is 2.50 bits per heavy atom. The van der Waals surface area contributed by atoms with Crippen molar-refractivity contribution in [2.75, 3.05) is 6.61 Å². The van der Waals surface area contributed by atoms with Crippen LogP contribution < -0.4 is 5.32 Å². The highest BCUT2D eigenvalue weighted by atomic mass is 127. The van der Waals surface area contributed by atoms with Crippen molar-refractivity contribution in [1.29, 1.82) is 0 Å². The zero-order chi connectivity index (χ0) is 15.8. The monoisotopic (exact) mass is 415 g/mol. The molecule has 1 aromatic carbocycles. The van der Waals surface area contributed by atoms with Crippen LogP contribution in [0.25, 0.3) is 0 Å². The van der Waals surface area contributed by atoms with Crippen molar-refractivity contribution in [2.24, 2.45) is 0 Å². The van der Waals surface area contributed by atoms with Gasteiger partial charge in [-0.2, -0.15) is 0 Å². The Morgan fingerprint density at radius 1 is 1.14 bits per heavy atom. The quantitative estimate of drug-likeness (QED) is 0.603. The minimum atomic E-state index is -0.452. The Kier molecular flexibility index (Phi) is 7.15. The second-order valence-corrected chi connectivity index (χ2v) is 6.94. The molecule has 1 fully saturated rings. The van der Waals surface area contributed by atoms with Gasteiger partial charge in [-0.15, -0.1) is 0 Å². The van der Waals surface area contributed by atoms with Gasteiger partial charge in [0.1, 0.15) is 0 Å². The SMILES string of the molecule is O=C(COC(=O)c1cccc(I)c1)NC1CCCCCCC1. The smallest absolute Gasteiger partial charge is 0.338 e. The maximum Gasteiger partial charge on any atom is 0.338 e. The molecule has 1 aliphatic rings. The number of rotatable bonds is 4. The summed E-state index contributed by atoms with van der Waals surface area (Å²) in [6, 6.07) is 7.36. The molecule has 0 radical (unpaired) electrons. The fourth-order valence-electron chi connectivity index (χ4n) is 2.70. The van der Waals surface area contributed by atoms with E-state index in [1.165, 1.54) is 19.3 Å². The summed E-state index contributed by atoms with van der Waals surface area (Å²) in [5.74, 6) is -0.657. The van der Waals surface area contributed by atoms with E-state index in [-0.39, 0.29) is 18.6 Å². The van der Waals surface area contributed by atoms with Crippen LogP contribution >= 0.6 is 22.6 Å². The number of hydrogen-bond acceptors (Lipinski definition) is 3. The molecule has 0 atom stereocenters. The second-order valence-electron chi connectivity index (χ2n) is 5.70. The summed E-state index contributed by atoms with van der Waals surface area (Å²) in [6.45, 7) is -0.208. The molecule has 1 N–H and O–H groups in total. The highest BCUT2D eigenvalue weighted by Crippen LogP contribution is 2.17. The molecule has 0 aliphatic heterocycles. The fourth-order valence-corrected chi connectivity index (χ4v) is 3.24. The zero-order valence-corrected chi connectivity index (χ0v) is 14.8. The van der Waals surface area contributed by atoms with Gasteiger partial charge in [-0.3, -0.25) is 4.79 Å². The summed E-state index contributed by atoms with van der Waals surface area (Å²) in [4.78, 5) is 23.8. The topological polar surface area (TPSA) is 55.4 Å². The Labute approximate surface area is 145 Å². The zero-order valence-electron chi connectivity index (χ0n) is 12.6. The number of ether oxygens (including phenoxy) is 1. The van der Waals surface area contributed by atoms with Crippen LogP contribution in [0.5, 0.6) is 0 Å². The summed E-state index contributed by atoms with van der Waals surface area (Å²) < 4.78 is 6.05. The Balaban J connectivity index is 1.75. The molecule has 0 saturated heterocycles. The van der Waals surface area contributed by atoms with Crippen LogP contribution in [0, 0.1) is 3.57 Å². The molecule has 0 heterocycles. The molecule has 2 rings (SSSR count). The second kappa shape index (κ2) is 9.12. The molecule has 4 nitrogen and oxygen atoms in total. The van der Waals surface area contributed by atoms with E-state index in [1.807, 2.05) is 6.07 Å². The van der Waals surface area contributed by atoms with Crippen molar-refractivity contribution in [2.45, 2.75) is 51.0 Å². The molecule has 1 amide bonds. The van der Waals surface area contributed by atoms with Gasteiger partial charge in [-0.05, 0) is 53.6 Å². The average Bonchev–Trinajstić information content (AvgIpc) is 2.47. The summed E-state index contributed by atoms with van der Waals surface area (Å²) in [6.07, 6.45) is 8.16. The summed E-state index contributed by atoms with van der Waals surface area (Å²) in [5, 5.41) is 2.99. The normalized spacial score (nSPS) is 16.4. The largest absolute Gasteiger partial charge is 0.452 e. The third-order valence-corrected chi connectivity index (χ3v) is 4.54. The van der Waals surface area contributed by atoms with E-state index in [2.05, 4.69) is 27.9 Å². The minimum absolute atomic E-state index is 0.204. The van der Waals surface area contributed by atoms with E-state index in [0.717, 1.165) is 29.3 Å². The third-order valence-electron chi connectivity index (χ3n) is 3.86. The van der Waals surface area contributed by atoms with Crippen molar-refractivity contribution in [1.82, 2.24) is 5.32 Å². The highest BCUT2D eigenvalue weighted by Gasteiger charge is 2.15. The lowest BCUT2D eigenvalue weighted by Gasteiger charge is -2.20. The van der Waals surface area contributed by atoms with E-state index in [0.29, 0.717) is 5.56 Å². The van der Waals surface area contributed by atoms with Crippen molar-refractivity contribution < 1.29 is 14.3 Å². The van der Waals surface area contributed by atoms with E-state index in [9.17, 15) is 9.59 Å². The summed E-state index contributed by atoms with van der Waals surface area (Å²) in [7, 11) is 0. The highest BCUT2D eigenvalue weighted by molar-refractivity contribution is 14.1. The van der Waals surface area contributed by atoms with Crippen LogP contribution in [-0.2, 0) is 9.53 Å². The molecule has 0 spiro atoms. The Hall–Kier alpha value is -1.11. The third kappa shape index (κ3) is 5.94. The van der Waals surface area contributed by atoms with E-state index < -0.39 is 5.97 Å². The molecule has 1 saturated carbocycles. The van der Waals surface area contributed by atoms with Crippen LogP contribution in [0.1, 0.15) is 55.3 Å². The van der Waals surface area contributed by atoms with Gasteiger partial charge in [0.2, 0.25) is 0 Å². The first kappa shape index (κ1) is 17.2. The van der Waals surface area contributed by atoms with Crippen molar-refractivity contribution in [3.63, 3.8) is 0 Å². The molecular weight excluding hydrogens is 393 g/mol. The van der Waals surface area contributed by atoms with Crippen LogP contribution in [0.2, 0.25) is 0 Å². The number of esters is 1. The number of benzene rings is 1. The van der Waals surface area contributed by atoms with E-state index >= 15 is 0 Å². The van der Waals surface area contributed by atoms with Gasteiger partial charge in [-0.1, -0.05) is 38.2 Å². The van der Waals surface area contributed by atoms with Crippen molar-refractivity contribution >= 4 is 34.5 Å². The maximum atomic E-state index is 11.9. The van der Waals surface area contributed by atoms with Gasteiger partial charge in [0.15, 0.2) is 6.61 Å². The lowest BCUT2D eigenvalue weighted by atomic mass is 9.97. The number of hydrogen-bond donors (Lipinski definition) is 1. The number of amides is 1. The number of nitrogens with one attached hydrogen (secondary N) is 1. The number of carbonyl (C=O) groups excluding carboxylic acids is 2. The molecule has 1 aromatic rings. The number of halogens is 1. The van der Waals surface area contributed by atoms with Crippen LogP contribution in [0.4, 0.5) is 0 Å². The first-order valence-electron chi connectivity index (χ1n) is 7.87. The van der Waals surface area contributed by atoms with Gasteiger partial charge >= 0.3 is 5.97 Å². The fraction of sp³-hybridized carbons (Fsp3) is 0.529. The lowest BCUT2D eigenvalue weighted by molar-refractivity contribution is -0.125. The molecular formula is C17H22INO3. The first-order chi connectivity index (χ1) is 10.6. The lowest BCUT2D eigenvalue weighted by Crippen LogP contribution is -2.38. The minimum Gasteiger partial charge on any atom is -0.452 e. The maximum absolute atomic E-state index is 11.9. The van der Waals surface area contributed by atoms with Gasteiger partial charge in [0, 0.05) is 9.61 Å². The molecule has 120 valence electrons.